The quantitative estimate of drug-likeness (QED) is 0.615. The van der Waals surface area contributed by atoms with E-state index in [0.29, 0.717) is 18.9 Å². The molecule has 0 saturated carbocycles. The van der Waals surface area contributed by atoms with Crippen LogP contribution in [0.3, 0.4) is 0 Å². The van der Waals surface area contributed by atoms with Crippen LogP contribution >= 0.6 is 0 Å². The maximum atomic E-state index is 11.1. The molecule has 0 aliphatic heterocycles. The fourth-order valence-electron chi connectivity index (χ4n) is 1.25. The summed E-state index contributed by atoms with van der Waals surface area (Å²) in [5.74, 6) is 0.400. The Morgan fingerprint density at radius 2 is 2.15 bits per heavy atom. The van der Waals surface area contributed by atoms with E-state index in [4.69, 9.17) is 4.74 Å². The molecule has 13 heavy (non-hydrogen) atoms. The van der Waals surface area contributed by atoms with Gasteiger partial charge in [-0.1, -0.05) is 13.3 Å². The van der Waals surface area contributed by atoms with Crippen LogP contribution in [0.2, 0.25) is 0 Å². The van der Waals surface area contributed by atoms with Crippen molar-refractivity contribution in [2.24, 2.45) is 5.92 Å². The SMILES string of the molecule is CCOC(=O)CC(CC)CCNC. The molecular weight excluding hydrogens is 166 g/mol. The van der Waals surface area contributed by atoms with Gasteiger partial charge in [-0.25, -0.2) is 0 Å². The van der Waals surface area contributed by atoms with Crippen LogP contribution in [0, 0.1) is 5.92 Å². The summed E-state index contributed by atoms with van der Waals surface area (Å²) in [6, 6.07) is 0. The Morgan fingerprint density at radius 1 is 1.46 bits per heavy atom. The summed E-state index contributed by atoms with van der Waals surface area (Å²) in [4.78, 5) is 11.1. The molecular formula is C10H21NO2. The molecule has 3 heteroatoms. The summed E-state index contributed by atoms with van der Waals surface area (Å²) in [7, 11) is 1.93. The van der Waals surface area contributed by atoms with Gasteiger partial charge in [0.25, 0.3) is 0 Å². The highest BCUT2D eigenvalue weighted by molar-refractivity contribution is 5.69. The van der Waals surface area contributed by atoms with E-state index < -0.39 is 0 Å². The van der Waals surface area contributed by atoms with Crippen LogP contribution in [0.4, 0.5) is 0 Å². The van der Waals surface area contributed by atoms with E-state index in [9.17, 15) is 4.79 Å². The van der Waals surface area contributed by atoms with E-state index in [0.717, 1.165) is 19.4 Å². The van der Waals surface area contributed by atoms with Crippen LogP contribution in [-0.4, -0.2) is 26.2 Å². The van der Waals surface area contributed by atoms with Gasteiger partial charge in [-0.3, -0.25) is 4.79 Å². The molecule has 0 aromatic rings. The summed E-state index contributed by atoms with van der Waals surface area (Å²) in [6.45, 7) is 5.41. The van der Waals surface area contributed by atoms with E-state index in [1.165, 1.54) is 0 Å². The fraction of sp³-hybridized carbons (Fsp3) is 0.900. The van der Waals surface area contributed by atoms with Gasteiger partial charge in [0.05, 0.1) is 6.61 Å². The largest absolute Gasteiger partial charge is 0.466 e. The van der Waals surface area contributed by atoms with Crippen molar-refractivity contribution in [2.45, 2.75) is 33.1 Å². The first kappa shape index (κ1) is 12.4. The highest BCUT2D eigenvalue weighted by atomic mass is 16.5. The van der Waals surface area contributed by atoms with Gasteiger partial charge in [0.2, 0.25) is 0 Å². The third-order valence-corrected chi connectivity index (χ3v) is 2.14. The van der Waals surface area contributed by atoms with E-state index in [1.54, 1.807) is 0 Å². The second-order valence-corrected chi connectivity index (χ2v) is 3.18. The average molecular weight is 187 g/mol. The van der Waals surface area contributed by atoms with Crippen molar-refractivity contribution in [1.82, 2.24) is 5.32 Å². The Kier molecular flexibility index (Phi) is 7.69. The Hall–Kier alpha value is -0.570. The molecule has 0 fully saturated rings. The Balaban J connectivity index is 3.62. The van der Waals surface area contributed by atoms with Crippen molar-refractivity contribution in [3.63, 3.8) is 0 Å². The minimum Gasteiger partial charge on any atom is -0.466 e. The van der Waals surface area contributed by atoms with Gasteiger partial charge >= 0.3 is 5.97 Å². The second-order valence-electron chi connectivity index (χ2n) is 3.18. The first-order valence-electron chi connectivity index (χ1n) is 5.04. The lowest BCUT2D eigenvalue weighted by Gasteiger charge is -2.12. The monoisotopic (exact) mass is 187 g/mol. The first-order chi connectivity index (χ1) is 6.24. The zero-order valence-corrected chi connectivity index (χ0v) is 8.93. The van der Waals surface area contributed by atoms with Gasteiger partial charge < -0.3 is 10.1 Å². The summed E-state index contributed by atoms with van der Waals surface area (Å²) in [5.41, 5.74) is 0. The van der Waals surface area contributed by atoms with Crippen molar-refractivity contribution in [3.05, 3.63) is 0 Å². The molecule has 0 amide bonds. The fourth-order valence-corrected chi connectivity index (χ4v) is 1.25. The summed E-state index contributed by atoms with van der Waals surface area (Å²) in [6.07, 6.45) is 2.65. The predicted molar refractivity (Wildman–Crippen MR) is 53.6 cm³/mol. The standard InChI is InChI=1S/C10H21NO2/c1-4-9(6-7-11-3)8-10(12)13-5-2/h9,11H,4-8H2,1-3H3. The Bertz CT molecular complexity index is 137. The van der Waals surface area contributed by atoms with E-state index in [1.807, 2.05) is 14.0 Å². The van der Waals surface area contributed by atoms with Gasteiger partial charge in [-0.15, -0.1) is 0 Å². The van der Waals surface area contributed by atoms with Crippen molar-refractivity contribution in [2.75, 3.05) is 20.2 Å². The normalized spacial score (nSPS) is 12.5. The highest BCUT2D eigenvalue weighted by Gasteiger charge is 2.11. The number of esters is 1. The second kappa shape index (κ2) is 8.05. The molecule has 0 aromatic heterocycles. The van der Waals surface area contributed by atoms with E-state index >= 15 is 0 Å². The van der Waals surface area contributed by atoms with Crippen LogP contribution in [0.15, 0.2) is 0 Å². The molecule has 0 heterocycles. The van der Waals surface area contributed by atoms with Crippen LogP contribution in [0.5, 0.6) is 0 Å². The summed E-state index contributed by atoms with van der Waals surface area (Å²) < 4.78 is 4.89. The number of rotatable bonds is 7. The average Bonchev–Trinajstić information content (AvgIpc) is 2.12. The van der Waals surface area contributed by atoms with Gasteiger partial charge in [-0.2, -0.15) is 0 Å². The van der Waals surface area contributed by atoms with E-state index in [2.05, 4.69) is 12.2 Å². The molecule has 1 unspecified atom stereocenters. The number of carbonyl (C=O) groups excluding carboxylic acids is 1. The third-order valence-electron chi connectivity index (χ3n) is 2.14. The van der Waals surface area contributed by atoms with Crippen LogP contribution in [0.25, 0.3) is 0 Å². The molecule has 0 rings (SSSR count). The number of hydrogen-bond donors (Lipinski definition) is 1. The predicted octanol–water partition coefficient (Wildman–Crippen LogP) is 1.58. The van der Waals surface area contributed by atoms with Crippen LogP contribution < -0.4 is 5.32 Å². The topological polar surface area (TPSA) is 38.3 Å². The van der Waals surface area contributed by atoms with Crippen LogP contribution in [-0.2, 0) is 9.53 Å². The van der Waals surface area contributed by atoms with Gasteiger partial charge in [0.15, 0.2) is 0 Å². The molecule has 0 saturated heterocycles. The maximum Gasteiger partial charge on any atom is 0.306 e. The number of ether oxygens (including phenoxy) is 1. The summed E-state index contributed by atoms with van der Waals surface area (Å²) >= 11 is 0. The van der Waals surface area contributed by atoms with Crippen molar-refractivity contribution in [3.8, 4) is 0 Å². The Labute approximate surface area is 80.8 Å². The minimum atomic E-state index is -0.0644. The molecule has 0 spiro atoms. The molecule has 0 bridgehead atoms. The van der Waals surface area contributed by atoms with Gasteiger partial charge in [-0.05, 0) is 32.9 Å². The molecule has 1 atom stereocenters. The van der Waals surface area contributed by atoms with Crippen molar-refractivity contribution >= 4 is 5.97 Å². The summed E-state index contributed by atoms with van der Waals surface area (Å²) in [5, 5.41) is 3.09. The molecule has 1 N–H and O–H groups in total. The van der Waals surface area contributed by atoms with E-state index in [-0.39, 0.29) is 5.97 Å². The third kappa shape index (κ3) is 6.58. The van der Waals surface area contributed by atoms with Gasteiger partial charge in [0.1, 0.15) is 0 Å². The number of nitrogens with one attached hydrogen (secondary N) is 1. The lowest BCUT2D eigenvalue weighted by Crippen LogP contribution is -2.16. The van der Waals surface area contributed by atoms with Crippen molar-refractivity contribution < 1.29 is 9.53 Å². The molecule has 0 radical (unpaired) electrons. The molecule has 3 nitrogen and oxygen atoms in total. The number of carbonyl (C=O) groups is 1. The van der Waals surface area contributed by atoms with Crippen LogP contribution in [0.1, 0.15) is 33.1 Å². The molecule has 0 aliphatic carbocycles. The smallest absolute Gasteiger partial charge is 0.306 e. The molecule has 0 aliphatic rings. The zero-order valence-electron chi connectivity index (χ0n) is 8.93. The molecule has 0 aromatic carbocycles. The van der Waals surface area contributed by atoms with Crippen molar-refractivity contribution in [1.29, 1.82) is 0 Å². The molecule has 78 valence electrons. The first-order valence-corrected chi connectivity index (χ1v) is 5.04. The lowest BCUT2D eigenvalue weighted by atomic mass is 9.99. The Morgan fingerprint density at radius 3 is 2.62 bits per heavy atom. The maximum absolute atomic E-state index is 11.1. The van der Waals surface area contributed by atoms with Gasteiger partial charge in [0, 0.05) is 6.42 Å². The minimum absolute atomic E-state index is 0.0644. The lowest BCUT2D eigenvalue weighted by molar-refractivity contribution is -0.144. The number of hydrogen-bond acceptors (Lipinski definition) is 3. The zero-order chi connectivity index (χ0) is 10.1. The highest BCUT2D eigenvalue weighted by Crippen LogP contribution is 2.12.